The van der Waals surface area contributed by atoms with Crippen LogP contribution in [0.5, 0.6) is 0 Å². The first-order chi connectivity index (χ1) is 11.4. The molecule has 0 radical (unpaired) electrons. The van der Waals surface area contributed by atoms with Gasteiger partial charge in [-0.25, -0.2) is 0 Å². The first-order valence-electron chi connectivity index (χ1n) is 7.88. The molecular weight excluding hydrogens is 322 g/mol. The van der Waals surface area contributed by atoms with E-state index in [9.17, 15) is 8.42 Å². The Morgan fingerprint density at radius 1 is 0.958 bits per heavy atom. The van der Waals surface area contributed by atoms with Crippen LogP contribution < -0.4 is 4.57 Å². The first kappa shape index (κ1) is 16.6. The maximum Gasteiger partial charge on any atom is 0.265 e. The Labute approximate surface area is 142 Å². The van der Waals surface area contributed by atoms with Gasteiger partial charge >= 0.3 is 0 Å². The second kappa shape index (κ2) is 6.71. The van der Waals surface area contributed by atoms with Gasteiger partial charge in [-0.2, -0.15) is 13.0 Å². The first-order valence-corrected chi connectivity index (χ1v) is 9.49. The van der Waals surface area contributed by atoms with Crippen LogP contribution in [-0.2, 0) is 16.7 Å². The SMILES string of the molecule is Cc1ccc2cc(-c3ccccc3)ccc2[n+]1CCCS(=O)(=O)O. The smallest absolute Gasteiger partial charge is 0.265 e. The third-order valence-electron chi connectivity index (χ3n) is 4.14. The second-order valence-corrected chi connectivity index (χ2v) is 7.48. The molecule has 1 N–H and O–H groups in total. The molecule has 2 aromatic carbocycles. The van der Waals surface area contributed by atoms with Crippen molar-refractivity contribution in [2.45, 2.75) is 19.9 Å². The standard InChI is InChI=1S/C19H19NO3S/c1-15-8-9-18-14-17(16-6-3-2-4-7-16)10-11-19(18)20(15)12-5-13-24(21,22)23/h2-4,6-11,14H,5,12-13H2,1H3/p+1. The van der Waals surface area contributed by atoms with E-state index in [1.54, 1.807) is 0 Å². The molecule has 0 amide bonds. The predicted molar refractivity (Wildman–Crippen MR) is 95.3 cm³/mol. The molecule has 3 aromatic rings. The van der Waals surface area contributed by atoms with Crippen molar-refractivity contribution in [1.29, 1.82) is 0 Å². The van der Waals surface area contributed by atoms with Gasteiger partial charge in [-0.05, 0) is 29.3 Å². The third-order valence-corrected chi connectivity index (χ3v) is 4.94. The zero-order valence-corrected chi connectivity index (χ0v) is 14.3. The molecule has 24 heavy (non-hydrogen) atoms. The Balaban J connectivity index is 1.96. The van der Waals surface area contributed by atoms with E-state index in [-0.39, 0.29) is 5.75 Å². The fourth-order valence-electron chi connectivity index (χ4n) is 2.94. The van der Waals surface area contributed by atoms with Gasteiger partial charge in [0.1, 0.15) is 6.54 Å². The quantitative estimate of drug-likeness (QED) is 0.571. The van der Waals surface area contributed by atoms with Crippen molar-refractivity contribution >= 4 is 21.0 Å². The Kier molecular flexibility index (Phi) is 4.64. The van der Waals surface area contributed by atoms with Crippen LogP contribution in [0.25, 0.3) is 22.0 Å². The molecule has 3 rings (SSSR count). The van der Waals surface area contributed by atoms with Crippen LogP contribution in [0.15, 0.2) is 60.7 Å². The molecule has 0 spiro atoms. The molecule has 0 aliphatic carbocycles. The van der Waals surface area contributed by atoms with Gasteiger partial charge in [0.2, 0.25) is 5.52 Å². The van der Waals surface area contributed by atoms with Crippen LogP contribution >= 0.6 is 0 Å². The maximum atomic E-state index is 10.9. The van der Waals surface area contributed by atoms with E-state index in [4.69, 9.17) is 4.55 Å². The van der Waals surface area contributed by atoms with Gasteiger partial charge in [0.15, 0.2) is 5.69 Å². The lowest BCUT2D eigenvalue weighted by molar-refractivity contribution is -0.677. The number of aromatic nitrogens is 1. The summed E-state index contributed by atoms with van der Waals surface area (Å²) >= 11 is 0. The molecule has 1 aromatic heterocycles. The number of benzene rings is 2. The Morgan fingerprint density at radius 3 is 2.42 bits per heavy atom. The van der Waals surface area contributed by atoms with Crippen molar-refractivity contribution in [1.82, 2.24) is 0 Å². The molecule has 124 valence electrons. The number of fused-ring (bicyclic) bond motifs is 1. The van der Waals surface area contributed by atoms with E-state index in [1.165, 1.54) is 0 Å². The van der Waals surface area contributed by atoms with Gasteiger partial charge in [-0.15, -0.1) is 0 Å². The van der Waals surface area contributed by atoms with Crippen LogP contribution in [0, 0.1) is 6.92 Å². The van der Waals surface area contributed by atoms with Crippen molar-refractivity contribution in [3.8, 4) is 11.1 Å². The van der Waals surface area contributed by atoms with E-state index < -0.39 is 10.1 Å². The number of hydrogen-bond acceptors (Lipinski definition) is 2. The van der Waals surface area contributed by atoms with Crippen molar-refractivity contribution in [3.63, 3.8) is 0 Å². The summed E-state index contributed by atoms with van der Waals surface area (Å²) in [5.74, 6) is -0.224. The van der Waals surface area contributed by atoms with Crippen molar-refractivity contribution in [2.24, 2.45) is 0 Å². The predicted octanol–water partition coefficient (Wildman–Crippen LogP) is 3.38. The average molecular weight is 342 g/mol. The van der Waals surface area contributed by atoms with E-state index in [0.717, 1.165) is 27.7 Å². The number of aryl methyl sites for hydroxylation is 2. The topological polar surface area (TPSA) is 58.2 Å². The average Bonchev–Trinajstić information content (AvgIpc) is 2.56. The molecule has 0 aliphatic heterocycles. The fourth-order valence-corrected chi connectivity index (χ4v) is 3.43. The summed E-state index contributed by atoms with van der Waals surface area (Å²) in [4.78, 5) is 0. The van der Waals surface area contributed by atoms with E-state index in [1.807, 2.05) is 31.2 Å². The Morgan fingerprint density at radius 2 is 1.71 bits per heavy atom. The van der Waals surface area contributed by atoms with Gasteiger partial charge < -0.3 is 0 Å². The highest BCUT2D eigenvalue weighted by molar-refractivity contribution is 7.85. The summed E-state index contributed by atoms with van der Waals surface area (Å²) in [5, 5.41) is 1.11. The summed E-state index contributed by atoms with van der Waals surface area (Å²) in [7, 11) is -3.92. The van der Waals surface area contributed by atoms with Crippen molar-refractivity contribution < 1.29 is 17.5 Å². The lowest BCUT2D eigenvalue weighted by Crippen LogP contribution is -2.38. The zero-order chi connectivity index (χ0) is 17.2. The summed E-state index contributed by atoms with van der Waals surface area (Å²) in [6.45, 7) is 2.55. The molecular formula is C19H20NO3S+. The molecule has 0 fully saturated rings. The van der Waals surface area contributed by atoms with Crippen LogP contribution in [0.3, 0.4) is 0 Å². The maximum absolute atomic E-state index is 10.9. The van der Waals surface area contributed by atoms with Gasteiger partial charge in [0.25, 0.3) is 10.1 Å². The minimum Gasteiger partial charge on any atom is -0.286 e. The molecule has 0 unspecified atom stereocenters. The van der Waals surface area contributed by atoms with Gasteiger partial charge in [0, 0.05) is 30.9 Å². The summed E-state index contributed by atoms with van der Waals surface area (Å²) in [5.41, 5.74) is 4.43. The lowest BCUT2D eigenvalue weighted by Gasteiger charge is -2.07. The summed E-state index contributed by atoms with van der Waals surface area (Å²) in [6, 6.07) is 20.6. The number of pyridine rings is 1. The van der Waals surface area contributed by atoms with Crippen molar-refractivity contribution in [2.75, 3.05) is 5.75 Å². The lowest BCUT2D eigenvalue weighted by atomic mass is 10.0. The highest BCUT2D eigenvalue weighted by atomic mass is 32.2. The third kappa shape index (κ3) is 3.80. The molecule has 0 saturated heterocycles. The Bertz CT molecular complexity index is 967. The second-order valence-electron chi connectivity index (χ2n) is 5.91. The Hall–Kier alpha value is -2.24. The normalized spacial score (nSPS) is 11.8. The highest BCUT2D eigenvalue weighted by Crippen LogP contribution is 2.23. The molecule has 5 heteroatoms. The van der Waals surface area contributed by atoms with Crippen LogP contribution in [-0.4, -0.2) is 18.7 Å². The minimum atomic E-state index is -3.92. The summed E-state index contributed by atoms with van der Waals surface area (Å²) in [6.07, 6.45) is 0.379. The van der Waals surface area contributed by atoms with Crippen LogP contribution in [0.4, 0.5) is 0 Å². The number of rotatable bonds is 5. The largest absolute Gasteiger partial charge is 0.286 e. The minimum absolute atomic E-state index is 0.224. The number of nitrogens with zero attached hydrogens (tertiary/aromatic N) is 1. The summed E-state index contributed by atoms with van der Waals surface area (Å²) < 4.78 is 32.8. The van der Waals surface area contributed by atoms with E-state index in [0.29, 0.717) is 13.0 Å². The van der Waals surface area contributed by atoms with Gasteiger partial charge in [-0.1, -0.05) is 30.3 Å². The molecule has 1 heterocycles. The van der Waals surface area contributed by atoms with Gasteiger partial charge in [-0.3, -0.25) is 4.55 Å². The van der Waals surface area contributed by atoms with Crippen LogP contribution in [0.2, 0.25) is 0 Å². The molecule has 0 atom stereocenters. The van der Waals surface area contributed by atoms with E-state index in [2.05, 4.69) is 41.0 Å². The zero-order valence-electron chi connectivity index (χ0n) is 13.5. The van der Waals surface area contributed by atoms with Crippen molar-refractivity contribution in [3.05, 3.63) is 66.4 Å². The van der Waals surface area contributed by atoms with Gasteiger partial charge in [0.05, 0.1) is 5.75 Å². The fraction of sp³-hybridized carbons (Fsp3) is 0.211. The van der Waals surface area contributed by atoms with Crippen LogP contribution in [0.1, 0.15) is 12.1 Å². The number of hydrogen-bond donors (Lipinski definition) is 1. The van der Waals surface area contributed by atoms with E-state index >= 15 is 0 Å². The molecule has 4 nitrogen and oxygen atoms in total. The highest BCUT2D eigenvalue weighted by Gasteiger charge is 2.15. The molecule has 0 bridgehead atoms. The molecule has 0 aliphatic rings. The molecule has 0 saturated carbocycles. The monoisotopic (exact) mass is 342 g/mol.